The van der Waals surface area contributed by atoms with Crippen molar-refractivity contribution in [2.75, 3.05) is 13.2 Å². The Morgan fingerprint density at radius 3 is 2.43 bits per heavy atom. The van der Waals surface area contributed by atoms with Gasteiger partial charge in [-0.15, -0.1) is 0 Å². The first-order chi connectivity index (χ1) is 10.8. The molecule has 0 aromatic heterocycles. The van der Waals surface area contributed by atoms with Crippen molar-refractivity contribution in [2.24, 2.45) is 0 Å². The van der Waals surface area contributed by atoms with Gasteiger partial charge in [-0.3, -0.25) is 9.69 Å². The van der Waals surface area contributed by atoms with Crippen molar-refractivity contribution in [1.82, 2.24) is 4.90 Å². The third kappa shape index (κ3) is 4.84. The van der Waals surface area contributed by atoms with E-state index in [1.54, 1.807) is 18.1 Å². The van der Waals surface area contributed by atoms with Crippen LogP contribution in [0.3, 0.4) is 0 Å². The fourth-order valence-corrected chi connectivity index (χ4v) is 2.28. The average Bonchev–Trinajstić information content (AvgIpc) is 2.46. The Balaban J connectivity index is 2.19. The molecule has 1 aliphatic heterocycles. The molecule has 0 saturated heterocycles. The number of amides is 1. The van der Waals surface area contributed by atoms with E-state index in [1.165, 1.54) is 0 Å². The molecule has 23 heavy (non-hydrogen) atoms. The molecule has 1 aliphatic rings. The molecule has 0 saturated carbocycles. The molecule has 124 valence electrons. The fourth-order valence-electron chi connectivity index (χ4n) is 2.28. The Morgan fingerprint density at radius 1 is 1.22 bits per heavy atom. The lowest BCUT2D eigenvalue weighted by Gasteiger charge is -2.31. The molecule has 0 unspecified atom stereocenters. The summed E-state index contributed by atoms with van der Waals surface area (Å²) in [5.74, 6) is 0.119. The van der Waals surface area contributed by atoms with Crippen molar-refractivity contribution < 1.29 is 19.1 Å². The van der Waals surface area contributed by atoms with E-state index in [-0.39, 0.29) is 11.9 Å². The van der Waals surface area contributed by atoms with Crippen LogP contribution in [0.15, 0.2) is 30.5 Å². The maximum absolute atomic E-state index is 12.4. The van der Waals surface area contributed by atoms with Gasteiger partial charge in [0.2, 0.25) is 0 Å². The maximum Gasteiger partial charge on any atom is 0.415 e. The summed E-state index contributed by atoms with van der Waals surface area (Å²) in [6.07, 6.45) is 1.60. The normalized spacial score (nSPS) is 14.8. The lowest BCUT2D eigenvalue weighted by atomic mass is 10.1. The van der Waals surface area contributed by atoms with Gasteiger partial charge in [-0.05, 0) is 33.3 Å². The minimum atomic E-state index is -0.550. The molecule has 1 heterocycles. The van der Waals surface area contributed by atoms with Crippen LogP contribution < -0.4 is 0 Å². The molecule has 1 amide bonds. The van der Waals surface area contributed by atoms with Crippen LogP contribution in [-0.4, -0.2) is 35.5 Å². The number of hydrogen-bond acceptors (Lipinski definition) is 4. The number of nitrogens with zero attached hydrogens (tertiary/aromatic N) is 1. The molecular formula is C18H23NO4. The second-order valence-corrected chi connectivity index (χ2v) is 6.58. The molecule has 5 heteroatoms. The molecule has 2 rings (SSSR count). The molecule has 0 fully saturated rings. The first-order valence-corrected chi connectivity index (χ1v) is 7.67. The molecule has 0 aliphatic carbocycles. The van der Waals surface area contributed by atoms with Crippen LogP contribution >= 0.6 is 0 Å². The van der Waals surface area contributed by atoms with Gasteiger partial charge in [-0.25, -0.2) is 4.79 Å². The number of Topliss-reactive ketones (excluding diaryl/α,β-unsaturated/α-hetero) is 1. The molecule has 0 bridgehead atoms. The quantitative estimate of drug-likeness (QED) is 0.857. The van der Waals surface area contributed by atoms with Crippen molar-refractivity contribution >= 4 is 17.6 Å². The Morgan fingerprint density at radius 2 is 1.87 bits per heavy atom. The van der Waals surface area contributed by atoms with E-state index < -0.39 is 5.60 Å². The summed E-state index contributed by atoms with van der Waals surface area (Å²) < 4.78 is 10.8. The number of benzene rings is 1. The molecule has 0 N–H and O–H groups in total. The zero-order valence-electron chi connectivity index (χ0n) is 14.1. The summed E-state index contributed by atoms with van der Waals surface area (Å²) in [4.78, 5) is 25.1. The van der Waals surface area contributed by atoms with E-state index >= 15 is 0 Å². The van der Waals surface area contributed by atoms with Crippen LogP contribution in [0.5, 0.6) is 0 Å². The molecule has 1 aromatic carbocycles. The highest BCUT2D eigenvalue weighted by Crippen LogP contribution is 2.25. The largest absolute Gasteiger partial charge is 0.497 e. The van der Waals surface area contributed by atoms with Gasteiger partial charge in [0, 0.05) is 12.0 Å². The van der Waals surface area contributed by atoms with E-state index in [4.69, 9.17) is 9.47 Å². The minimum Gasteiger partial charge on any atom is -0.497 e. The van der Waals surface area contributed by atoms with Gasteiger partial charge < -0.3 is 9.47 Å². The van der Waals surface area contributed by atoms with Crippen molar-refractivity contribution in [3.05, 3.63) is 41.7 Å². The number of rotatable bonds is 3. The molecule has 0 spiro atoms. The molecule has 5 nitrogen and oxygen atoms in total. The van der Waals surface area contributed by atoms with Crippen LogP contribution in [0, 0.1) is 0 Å². The predicted molar refractivity (Wildman–Crippen MR) is 87.7 cm³/mol. The Bertz CT molecular complexity index is 611. The van der Waals surface area contributed by atoms with Crippen LogP contribution in [-0.2, 0) is 20.7 Å². The van der Waals surface area contributed by atoms with Crippen molar-refractivity contribution in [1.29, 1.82) is 0 Å². The highest BCUT2D eigenvalue weighted by atomic mass is 16.6. The Kier molecular flexibility index (Phi) is 5.08. The SMILES string of the molecule is CC(=O)Cc1ccc(C2=COCCN2C(=O)OC(C)(C)C)cc1. The summed E-state index contributed by atoms with van der Waals surface area (Å²) >= 11 is 0. The summed E-state index contributed by atoms with van der Waals surface area (Å²) in [6, 6.07) is 7.55. The second-order valence-electron chi connectivity index (χ2n) is 6.58. The molecule has 0 radical (unpaired) electrons. The lowest BCUT2D eigenvalue weighted by molar-refractivity contribution is -0.116. The summed E-state index contributed by atoms with van der Waals surface area (Å²) in [5.41, 5.74) is 1.91. The zero-order valence-corrected chi connectivity index (χ0v) is 14.1. The van der Waals surface area contributed by atoms with E-state index in [0.717, 1.165) is 11.1 Å². The van der Waals surface area contributed by atoms with Gasteiger partial charge in [0.25, 0.3) is 0 Å². The number of hydrogen-bond donors (Lipinski definition) is 0. The number of ketones is 1. The predicted octanol–water partition coefficient (Wildman–Crippen LogP) is 3.38. The first-order valence-electron chi connectivity index (χ1n) is 7.67. The number of carbonyl (C=O) groups is 2. The molecular weight excluding hydrogens is 294 g/mol. The highest BCUT2D eigenvalue weighted by Gasteiger charge is 2.27. The monoisotopic (exact) mass is 317 g/mol. The summed E-state index contributed by atoms with van der Waals surface area (Å²) in [7, 11) is 0. The van der Waals surface area contributed by atoms with Gasteiger partial charge in [-0.2, -0.15) is 0 Å². The Hall–Kier alpha value is -2.30. The third-order valence-electron chi connectivity index (χ3n) is 3.24. The van der Waals surface area contributed by atoms with Crippen LogP contribution in [0.2, 0.25) is 0 Å². The average molecular weight is 317 g/mol. The highest BCUT2D eigenvalue weighted by molar-refractivity contribution is 5.83. The van der Waals surface area contributed by atoms with E-state index in [9.17, 15) is 9.59 Å². The summed E-state index contributed by atoms with van der Waals surface area (Å²) in [6.45, 7) is 7.96. The summed E-state index contributed by atoms with van der Waals surface area (Å²) in [5, 5.41) is 0. The van der Waals surface area contributed by atoms with Gasteiger partial charge in [0.15, 0.2) is 0 Å². The smallest absolute Gasteiger partial charge is 0.415 e. The van der Waals surface area contributed by atoms with Gasteiger partial charge in [-0.1, -0.05) is 24.3 Å². The van der Waals surface area contributed by atoms with Gasteiger partial charge >= 0.3 is 6.09 Å². The standard InChI is InChI=1S/C18H23NO4/c1-13(20)11-14-5-7-15(8-6-14)16-12-22-10-9-19(16)17(21)23-18(2,3)4/h5-8,12H,9-11H2,1-4H3. The van der Waals surface area contributed by atoms with Crippen LogP contribution in [0.25, 0.3) is 5.70 Å². The van der Waals surface area contributed by atoms with E-state index in [1.807, 2.05) is 45.0 Å². The topological polar surface area (TPSA) is 55.8 Å². The fraction of sp³-hybridized carbons (Fsp3) is 0.444. The lowest BCUT2D eigenvalue weighted by Crippen LogP contribution is -2.39. The number of carbonyl (C=O) groups excluding carboxylic acids is 2. The molecule has 1 aromatic rings. The van der Waals surface area contributed by atoms with Crippen molar-refractivity contribution in [3.8, 4) is 0 Å². The van der Waals surface area contributed by atoms with Crippen LogP contribution in [0.1, 0.15) is 38.8 Å². The number of ether oxygens (including phenoxy) is 2. The van der Waals surface area contributed by atoms with Crippen LogP contribution in [0.4, 0.5) is 4.79 Å². The van der Waals surface area contributed by atoms with Crippen molar-refractivity contribution in [2.45, 2.75) is 39.7 Å². The third-order valence-corrected chi connectivity index (χ3v) is 3.24. The van der Waals surface area contributed by atoms with E-state index in [2.05, 4.69) is 0 Å². The van der Waals surface area contributed by atoms with Gasteiger partial charge in [0.1, 0.15) is 24.3 Å². The van der Waals surface area contributed by atoms with E-state index in [0.29, 0.717) is 25.3 Å². The van der Waals surface area contributed by atoms with Crippen molar-refractivity contribution in [3.63, 3.8) is 0 Å². The first kappa shape index (κ1) is 17.1. The molecule has 0 atom stereocenters. The second kappa shape index (κ2) is 6.86. The Labute approximate surface area is 136 Å². The van der Waals surface area contributed by atoms with Gasteiger partial charge in [0.05, 0.1) is 12.2 Å². The zero-order chi connectivity index (χ0) is 17.0. The maximum atomic E-state index is 12.4. The minimum absolute atomic E-state index is 0.119.